The summed E-state index contributed by atoms with van der Waals surface area (Å²) in [7, 11) is 0. The highest BCUT2D eigenvalue weighted by atomic mass is 35.5. The molecule has 1 aliphatic rings. The lowest BCUT2D eigenvalue weighted by Crippen LogP contribution is -2.04. The van der Waals surface area contributed by atoms with Crippen LogP contribution in [0.1, 0.15) is 23.5 Å². The fraction of sp³-hybridized carbons (Fsp3) is 0.385. The summed E-state index contributed by atoms with van der Waals surface area (Å²) in [6, 6.07) is 5.93. The molecule has 2 aromatic rings. The van der Waals surface area contributed by atoms with Crippen LogP contribution in [-0.2, 0) is 13.0 Å². The maximum Gasteiger partial charge on any atom is 0.134 e. The molecule has 1 fully saturated rings. The van der Waals surface area contributed by atoms with Gasteiger partial charge >= 0.3 is 0 Å². The maximum atomic E-state index is 6.03. The van der Waals surface area contributed by atoms with E-state index in [1.165, 1.54) is 17.7 Å². The van der Waals surface area contributed by atoms with Crippen LogP contribution in [0.2, 0.25) is 5.15 Å². The standard InChI is InChI=1S/C13H14ClN3S/c14-11-7-12(15-8-10-2-1-5-18-10)17-13(16-11)6-9-3-4-9/h1-2,5,7,9H,3-4,6,8H2,(H,15,16,17). The minimum absolute atomic E-state index is 0.523. The van der Waals surface area contributed by atoms with Gasteiger partial charge in [0.2, 0.25) is 0 Å². The van der Waals surface area contributed by atoms with E-state index in [2.05, 4.69) is 26.7 Å². The van der Waals surface area contributed by atoms with Crippen molar-refractivity contribution < 1.29 is 0 Å². The number of halogens is 1. The van der Waals surface area contributed by atoms with Crippen molar-refractivity contribution in [3.8, 4) is 0 Å². The average Bonchev–Trinajstić information content (AvgIpc) is 2.99. The number of rotatable bonds is 5. The summed E-state index contributed by atoms with van der Waals surface area (Å²) in [6.45, 7) is 0.786. The Balaban J connectivity index is 1.68. The van der Waals surface area contributed by atoms with Crippen molar-refractivity contribution in [3.05, 3.63) is 39.4 Å². The Morgan fingerprint density at radius 3 is 3.00 bits per heavy atom. The zero-order chi connectivity index (χ0) is 12.4. The van der Waals surface area contributed by atoms with Gasteiger partial charge in [-0.15, -0.1) is 11.3 Å². The summed E-state index contributed by atoms with van der Waals surface area (Å²) in [6.07, 6.45) is 3.55. The highest BCUT2D eigenvalue weighted by molar-refractivity contribution is 7.09. The van der Waals surface area contributed by atoms with Crippen molar-refractivity contribution in [2.24, 2.45) is 5.92 Å². The van der Waals surface area contributed by atoms with Crippen molar-refractivity contribution in [1.82, 2.24) is 9.97 Å². The van der Waals surface area contributed by atoms with E-state index in [4.69, 9.17) is 11.6 Å². The molecule has 2 heterocycles. The van der Waals surface area contributed by atoms with E-state index in [0.29, 0.717) is 5.15 Å². The van der Waals surface area contributed by atoms with Gasteiger partial charge in [-0.3, -0.25) is 0 Å². The Morgan fingerprint density at radius 1 is 1.39 bits per heavy atom. The summed E-state index contributed by atoms with van der Waals surface area (Å²) in [5, 5.41) is 5.89. The van der Waals surface area contributed by atoms with E-state index >= 15 is 0 Å². The van der Waals surface area contributed by atoms with Gasteiger partial charge in [0, 0.05) is 17.4 Å². The second-order valence-electron chi connectivity index (χ2n) is 4.57. The summed E-state index contributed by atoms with van der Waals surface area (Å²) >= 11 is 7.76. The Bertz CT molecular complexity index is 523. The number of thiophene rings is 1. The van der Waals surface area contributed by atoms with Crippen LogP contribution in [0, 0.1) is 5.92 Å². The maximum absolute atomic E-state index is 6.03. The lowest BCUT2D eigenvalue weighted by Gasteiger charge is -2.06. The van der Waals surface area contributed by atoms with Gasteiger partial charge in [0.15, 0.2) is 0 Å². The van der Waals surface area contributed by atoms with Gasteiger partial charge in [-0.1, -0.05) is 17.7 Å². The molecule has 0 bridgehead atoms. The molecule has 3 nitrogen and oxygen atoms in total. The fourth-order valence-electron chi connectivity index (χ4n) is 1.82. The van der Waals surface area contributed by atoms with Crippen LogP contribution in [0.3, 0.4) is 0 Å². The summed E-state index contributed by atoms with van der Waals surface area (Å²) < 4.78 is 0. The van der Waals surface area contributed by atoms with Crippen molar-refractivity contribution in [2.45, 2.75) is 25.8 Å². The SMILES string of the molecule is Clc1cc(NCc2cccs2)nc(CC2CC2)n1. The lowest BCUT2D eigenvalue weighted by molar-refractivity contribution is 0.770. The third-order valence-corrected chi connectivity index (χ3v) is 4.00. The molecule has 1 saturated carbocycles. The molecule has 0 aromatic carbocycles. The molecule has 0 saturated heterocycles. The molecule has 3 rings (SSSR count). The van der Waals surface area contributed by atoms with E-state index < -0.39 is 0 Å². The normalized spacial score (nSPS) is 14.7. The summed E-state index contributed by atoms with van der Waals surface area (Å²) in [4.78, 5) is 10.1. The summed E-state index contributed by atoms with van der Waals surface area (Å²) in [5.74, 6) is 2.45. The van der Waals surface area contributed by atoms with Gasteiger partial charge in [-0.05, 0) is 30.2 Å². The first kappa shape index (κ1) is 11.9. The van der Waals surface area contributed by atoms with E-state index in [0.717, 1.165) is 30.5 Å². The number of anilines is 1. The van der Waals surface area contributed by atoms with Crippen molar-refractivity contribution in [1.29, 1.82) is 0 Å². The minimum atomic E-state index is 0.523. The van der Waals surface area contributed by atoms with Crippen LogP contribution in [0.15, 0.2) is 23.6 Å². The molecule has 0 radical (unpaired) electrons. The molecule has 0 unspecified atom stereocenters. The highest BCUT2D eigenvalue weighted by Gasteiger charge is 2.23. The molecule has 2 aromatic heterocycles. The van der Waals surface area contributed by atoms with Crippen LogP contribution in [0.25, 0.3) is 0 Å². The summed E-state index contributed by atoms with van der Waals surface area (Å²) in [5.41, 5.74) is 0. The monoisotopic (exact) mass is 279 g/mol. The first-order chi connectivity index (χ1) is 8.79. The molecule has 1 aliphatic carbocycles. The number of nitrogens with zero attached hydrogens (tertiary/aromatic N) is 2. The molecule has 0 spiro atoms. The van der Waals surface area contributed by atoms with E-state index in [1.807, 2.05) is 6.07 Å². The number of aromatic nitrogens is 2. The van der Waals surface area contributed by atoms with Crippen LogP contribution < -0.4 is 5.32 Å². The molecule has 0 atom stereocenters. The van der Waals surface area contributed by atoms with Crippen molar-refractivity contribution in [2.75, 3.05) is 5.32 Å². The topological polar surface area (TPSA) is 37.8 Å². The van der Waals surface area contributed by atoms with Crippen molar-refractivity contribution in [3.63, 3.8) is 0 Å². The Labute approximate surface area is 115 Å². The highest BCUT2D eigenvalue weighted by Crippen LogP contribution is 2.32. The Morgan fingerprint density at radius 2 is 2.28 bits per heavy atom. The largest absolute Gasteiger partial charge is 0.365 e. The van der Waals surface area contributed by atoms with Gasteiger partial charge in [-0.2, -0.15) is 0 Å². The fourth-order valence-corrected chi connectivity index (χ4v) is 2.66. The number of hydrogen-bond acceptors (Lipinski definition) is 4. The van der Waals surface area contributed by atoms with Crippen LogP contribution in [0.5, 0.6) is 0 Å². The zero-order valence-electron chi connectivity index (χ0n) is 9.90. The van der Waals surface area contributed by atoms with Gasteiger partial charge in [0.1, 0.15) is 16.8 Å². The molecule has 0 aliphatic heterocycles. The predicted molar refractivity (Wildman–Crippen MR) is 75.1 cm³/mol. The first-order valence-corrected chi connectivity index (χ1v) is 7.35. The lowest BCUT2D eigenvalue weighted by atomic mass is 10.3. The third kappa shape index (κ3) is 3.21. The molecule has 0 amide bonds. The van der Waals surface area contributed by atoms with Gasteiger partial charge < -0.3 is 5.32 Å². The van der Waals surface area contributed by atoms with Gasteiger partial charge in [-0.25, -0.2) is 9.97 Å². The first-order valence-electron chi connectivity index (χ1n) is 6.09. The van der Waals surface area contributed by atoms with Gasteiger partial charge in [0.05, 0.1) is 6.54 Å². The second-order valence-corrected chi connectivity index (χ2v) is 5.99. The van der Waals surface area contributed by atoms with Crippen LogP contribution >= 0.6 is 22.9 Å². The smallest absolute Gasteiger partial charge is 0.134 e. The minimum Gasteiger partial charge on any atom is -0.365 e. The molecule has 1 N–H and O–H groups in total. The molecular weight excluding hydrogens is 266 g/mol. The zero-order valence-corrected chi connectivity index (χ0v) is 11.5. The van der Waals surface area contributed by atoms with E-state index in [1.54, 1.807) is 17.4 Å². The number of hydrogen-bond donors (Lipinski definition) is 1. The van der Waals surface area contributed by atoms with Gasteiger partial charge in [0.25, 0.3) is 0 Å². The molecule has 18 heavy (non-hydrogen) atoms. The average molecular weight is 280 g/mol. The molecular formula is C13H14ClN3S. The Kier molecular flexibility index (Phi) is 3.48. The Hall–Kier alpha value is -1.13. The van der Waals surface area contributed by atoms with E-state index in [-0.39, 0.29) is 0 Å². The van der Waals surface area contributed by atoms with Crippen LogP contribution in [-0.4, -0.2) is 9.97 Å². The predicted octanol–water partition coefficient (Wildman–Crippen LogP) is 3.76. The number of nitrogens with one attached hydrogen (secondary N) is 1. The third-order valence-electron chi connectivity index (χ3n) is 2.93. The van der Waals surface area contributed by atoms with Crippen LogP contribution in [0.4, 0.5) is 5.82 Å². The van der Waals surface area contributed by atoms with E-state index in [9.17, 15) is 0 Å². The molecule has 94 valence electrons. The quantitative estimate of drug-likeness (QED) is 0.847. The molecule has 5 heteroatoms. The second kappa shape index (κ2) is 5.24. The van der Waals surface area contributed by atoms with Crippen molar-refractivity contribution >= 4 is 28.8 Å².